The maximum atomic E-state index is 12.8. The van der Waals surface area contributed by atoms with E-state index in [2.05, 4.69) is 0 Å². The van der Waals surface area contributed by atoms with Gasteiger partial charge in [0.2, 0.25) is 0 Å². The summed E-state index contributed by atoms with van der Waals surface area (Å²) >= 11 is 0. The lowest BCUT2D eigenvalue weighted by molar-refractivity contribution is 0.0598. The molecule has 0 N–H and O–H groups in total. The molecule has 0 bridgehead atoms. The van der Waals surface area contributed by atoms with Crippen LogP contribution < -0.4 is 4.18 Å². The van der Waals surface area contributed by atoms with Crippen molar-refractivity contribution >= 4 is 22.0 Å². The molecule has 1 amide bonds. The third kappa shape index (κ3) is 5.43. The number of aryl methyl sites for hydroxylation is 3. The number of furan rings is 1. The zero-order valence-electron chi connectivity index (χ0n) is 19.0. The summed E-state index contributed by atoms with van der Waals surface area (Å²) in [5.41, 5.74) is 2.03. The van der Waals surface area contributed by atoms with Crippen LogP contribution in [0.1, 0.15) is 43.4 Å². The SMILES string of the molecule is COC(=O)c1cc(CN(C)C(=O)c2ccc(OS(=O)(=O)c3cc(C)ccc3C)cc2)oc1C. The molecular formula is C24H25NO7S. The lowest BCUT2D eigenvalue weighted by Crippen LogP contribution is -2.26. The Morgan fingerprint density at radius 1 is 1.00 bits per heavy atom. The van der Waals surface area contributed by atoms with E-state index in [4.69, 9.17) is 13.3 Å². The Bertz CT molecular complexity index is 1290. The lowest BCUT2D eigenvalue weighted by Gasteiger charge is -2.16. The minimum atomic E-state index is -4.01. The van der Waals surface area contributed by atoms with Crippen LogP contribution in [0.25, 0.3) is 0 Å². The van der Waals surface area contributed by atoms with Gasteiger partial charge in [0.15, 0.2) is 0 Å². The minimum absolute atomic E-state index is 0.0967. The largest absolute Gasteiger partial charge is 0.465 e. The van der Waals surface area contributed by atoms with Crippen LogP contribution in [0.3, 0.4) is 0 Å². The molecule has 3 rings (SSSR count). The van der Waals surface area contributed by atoms with Gasteiger partial charge in [-0.1, -0.05) is 12.1 Å². The van der Waals surface area contributed by atoms with Crippen LogP contribution in [0.5, 0.6) is 5.75 Å². The Morgan fingerprint density at radius 3 is 2.30 bits per heavy atom. The Hall–Kier alpha value is -3.59. The number of rotatable bonds is 7. The van der Waals surface area contributed by atoms with Crippen molar-refractivity contribution in [1.82, 2.24) is 4.90 Å². The van der Waals surface area contributed by atoms with E-state index in [1.165, 1.54) is 36.3 Å². The molecule has 3 aromatic rings. The van der Waals surface area contributed by atoms with Gasteiger partial charge in [0, 0.05) is 12.6 Å². The molecule has 0 aliphatic rings. The highest BCUT2D eigenvalue weighted by atomic mass is 32.2. The number of hydrogen-bond donors (Lipinski definition) is 0. The smallest absolute Gasteiger partial charge is 0.341 e. The van der Waals surface area contributed by atoms with Crippen molar-refractivity contribution in [2.75, 3.05) is 14.2 Å². The average Bonchev–Trinajstić information content (AvgIpc) is 3.14. The van der Waals surface area contributed by atoms with Gasteiger partial charge in [-0.2, -0.15) is 8.42 Å². The van der Waals surface area contributed by atoms with Gasteiger partial charge in [-0.25, -0.2) is 4.79 Å². The van der Waals surface area contributed by atoms with Crippen LogP contribution in [0.15, 0.2) is 57.8 Å². The van der Waals surface area contributed by atoms with Gasteiger partial charge < -0.3 is 18.2 Å². The van der Waals surface area contributed by atoms with Crippen molar-refractivity contribution in [2.24, 2.45) is 0 Å². The summed E-state index contributed by atoms with van der Waals surface area (Å²) in [6, 6.07) is 12.5. The van der Waals surface area contributed by atoms with E-state index in [1.807, 2.05) is 6.07 Å². The first-order chi connectivity index (χ1) is 15.5. The molecule has 9 heteroatoms. The fraction of sp³-hybridized carbons (Fsp3) is 0.250. The molecule has 0 fully saturated rings. The molecule has 0 radical (unpaired) electrons. The van der Waals surface area contributed by atoms with Gasteiger partial charge in [0.25, 0.3) is 5.91 Å². The molecule has 0 atom stereocenters. The number of carbonyl (C=O) groups excluding carboxylic acids is 2. The molecule has 1 aromatic heterocycles. The molecule has 8 nitrogen and oxygen atoms in total. The first-order valence-electron chi connectivity index (χ1n) is 10.1. The molecule has 0 aliphatic heterocycles. The van der Waals surface area contributed by atoms with E-state index >= 15 is 0 Å². The van der Waals surface area contributed by atoms with E-state index in [0.717, 1.165) is 5.56 Å². The average molecular weight is 472 g/mol. The minimum Gasteiger partial charge on any atom is -0.465 e. The number of carbonyl (C=O) groups is 2. The fourth-order valence-corrected chi connectivity index (χ4v) is 4.51. The second-order valence-electron chi connectivity index (χ2n) is 7.67. The zero-order valence-corrected chi connectivity index (χ0v) is 19.9. The predicted molar refractivity (Wildman–Crippen MR) is 121 cm³/mol. The van der Waals surface area contributed by atoms with Crippen LogP contribution in [-0.2, 0) is 21.4 Å². The second kappa shape index (κ2) is 9.50. The van der Waals surface area contributed by atoms with Gasteiger partial charge in [0.1, 0.15) is 27.7 Å². The van der Waals surface area contributed by atoms with E-state index in [0.29, 0.717) is 28.2 Å². The van der Waals surface area contributed by atoms with E-state index < -0.39 is 16.1 Å². The molecule has 0 saturated carbocycles. The van der Waals surface area contributed by atoms with Crippen molar-refractivity contribution < 1.29 is 31.3 Å². The van der Waals surface area contributed by atoms with Crippen LogP contribution in [-0.4, -0.2) is 39.4 Å². The van der Waals surface area contributed by atoms with Crippen molar-refractivity contribution in [3.8, 4) is 5.75 Å². The maximum absolute atomic E-state index is 12.8. The summed E-state index contributed by atoms with van der Waals surface area (Å²) in [5.74, 6) is 0.113. The second-order valence-corrected chi connectivity index (χ2v) is 9.18. The third-order valence-electron chi connectivity index (χ3n) is 5.03. The van der Waals surface area contributed by atoms with Crippen LogP contribution in [0.2, 0.25) is 0 Å². The summed E-state index contributed by atoms with van der Waals surface area (Å²) in [5, 5.41) is 0. The summed E-state index contributed by atoms with van der Waals surface area (Å²) in [6.07, 6.45) is 0. The van der Waals surface area contributed by atoms with Crippen molar-refractivity contribution in [2.45, 2.75) is 32.2 Å². The van der Waals surface area contributed by atoms with E-state index in [-0.39, 0.29) is 23.1 Å². The predicted octanol–water partition coefficient (Wildman–Crippen LogP) is 4.03. The van der Waals surface area contributed by atoms with Crippen molar-refractivity contribution in [1.29, 1.82) is 0 Å². The zero-order chi connectivity index (χ0) is 24.3. The number of methoxy groups -OCH3 is 1. The number of esters is 1. The summed E-state index contributed by atoms with van der Waals surface area (Å²) in [7, 11) is -1.14. The van der Waals surface area contributed by atoms with Crippen LogP contribution >= 0.6 is 0 Å². The number of nitrogens with zero attached hydrogens (tertiary/aromatic N) is 1. The molecule has 0 saturated heterocycles. The highest BCUT2D eigenvalue weighted by Crippen LogP contribution is 2.23. The Kier molecular flexibility index (Phi) is 6.92. The molecule has 0 unspecified atom stereocenters. The molecule has 2 aromatic carbocycles. The summed E-state index contributed by atoms with van der Waals surface area (Å²) in [4.78, 5) is 26.0. The Labute approximate surface area is 192 Å². The number of hydrogen-bond acceptors (Lipinski definition) is 7. The normalized spacial score (nSPS) is 11.2. The summed E-state index contributed by atoms with van der Waals surface area (Å²) < 4.78 is 40.8. The van der Waals surface area contributed by atoms with Gasteiger partial charge in [-0.05, 0) is 68.3 Å². The van der Waals surface area contributed by atoms with Crippen LogP contribution in [0.4, 0.5) is 0 Å². The van der Waals surface area contributed by atoms with E-state index in [9.17, 15) is 18.0 Å². The molecule has 0 spiro atoms. The topological polar surface area (TPSA) is 103 Å². The molecule has 1 heterocycles. The number of ether oxygens (including phenoxy) is 1. The maximum Gasteiger partial charge on any atom is 0.341 e. The Balaban J connectivity index is 1.71. The van der Waals surface area contributed by atoms with Gasteiger partial charge >= 0.3 is 16.1 Å². The molecule has 174 valence electrons. The Morgan fingerprint density at radius 2 is 1.67 bits per heavy atom. The van der Waals surface area contributed by atoms with Crippen LogP contribution in [0, 0.1) is 20.8 Å². The highest BCUT2D eigenvalue weighted by Gasteiger charge is 2.21. The fourth-order valence-electron chi connectivity index (χ4n) is 3.26. The molecule has 0 aliphatic carbocycles. The lowest BCUT2D eigenvalue weighted by atomic mass is 10.2. The molecule has 33 heavy (non-hydrogen) atoms. The number of amides is 1. The van der Waals surface area contributed by atoms with Crippen molar-refractivity contribution in [3.63, 3.8) is 0 Å². The van der Waals surface area contributed by atoms with Gasteiger partial charge in [-0.15, -0.1) is 0 Å². The first kappa shape index (κ1) is 24.1. The first-order valence-corrected chi connectivity index (χ1v) is 11.5. The standard InChI is InChI=1S/C24H25NO7S/c1-15-6-7-16(2)22(12-15)33(28,29)32-19-10-8-18(9-11-19)23(26)25(4)14-20-13-21(17(3)31-20)24(27)30-5/h6-13H,14H2,1-5H3. The summed E-state index contributed by atoms with van der Waals surface area (Å²) in [6.45, 7) is 5.27. The number of benzene rings is 2. The quantitative estimate of drug-likeness (QED) is 0.379. The molecular weight excluding hydrogens is 446 g/mol. The van der Waals surface area contributed by atoms with Crippen molar-refractivity contribution in [3.05, 3.63) is 82.3 Å². The van der Waals surface area contributed by atoms with E-state index in [1.54, 1.807) is 46.0 Å². The third-order valence-corrected chi connectivity index (χ3v) is 6.42. The van der Waals surface area contributed by atoms with Gasteiger partial charge in [0.05, 0.1) is 13.7 Å². The monoisotopic (exact) mass is 471 g/mol. The van der Waals surface area contributed by atoms with Gasteiger partial charge in [-0.3, -0.25) is 4.79 Å². The highest BCUT2D eigenvalue weighted by molar-refractivity contribution is 7.87.